The van der Waals surface area contributed by atoms with E-state index in [9.17, 15) is 4.79 Å². The van der Waals surface area contributed by atoms with E-state index < -0.39 is 0 Å². The highest BCUT2D eigenvalue weighted by molar-refractivity contribution is 5.93. The third-order valence-electron chi connectivity index (χ3n) is 4.92. The highest BCUT2D eigenvalue weighted by atomic mass is 16.5. The molecule has 1 atom stereocenters. The fourth-order valence-corrected chi connectivity index (χ4v) is 3.56. The van der Waals surface area contributed by atoms with Crippen molar-refractivity contribution in [2.24, 2.45) is 0 Å². The summed E-state index contributed by atoms with van der Waals surface area (Å²) in [6, 6.07) is 19.9. The van der Waals surface area contributed by atoms with Crippen LogP contribution in [0.4, 0.5) is 0 Å². The number of aromatic nitrogens is 1. The first-order valence-corrected chi connectivity index (χ1v) is 9.31. The van der Waals surface area contributed by atoms with E-state index in [2.05, 4.69) is 39.6 Å². The Balaban J connectivity index is 1.34. The van der Waals surface area contributed by atoms with Crippen molar-refractivity contribution in [2.75, 3.05) is 13.1 Å². The largest absolute Gasteiger partial charge is 0.355 e. The van der Waals surface area contributed by atoms with E-state index in [0.717, 1.165) is 31.6 Å². The zero-order chi connectivity index (χ0) is 18.6. The highest BCUT2D eigenvalue weighted by Gasteiger charge is 2.20. The SMILES string of the molecule is CC(CN1CCc2ccccc2C1)NC(=O)c1cc(-c2ccccc2)on1. The predicted molar refractivity (Wildman–Crippen MR) is 104 cm³/mol. The van der Waals surface area contributed by atoms with Gasteiger partial charge in [0.15, 0.2) is 11.5 Å². The monoisotopic (exact) mass is 361 g/mol. The Hall–Kier alpha value is -2.92. The van der Waals surface area contributed by atoms with Crippen LogP contribution in [0.1, 0.15) is 28.5 Å². The van der Waals surface area contributed by atoms with E-state index >= 15 is 0 Å². The van der Waals surface area contributed by atoms with Crippen molar-refractivity contribution in [2.45, 2.75) is 25.9 Å². The van der Waals surface area contributed by atoms with E-state index in [1.54, 1.807) is 6.07 Å². The molecule has 3 aromatic rings. The topological polar surface area (TPSA) is 58.4 Å². The summed E-state index contributed by atoms with van der Waals surface area (Å²) >= 11 is 0. The maximum Gasteiger partial charge on any atom is 0.273 e. The minimum atomic E-state index is -0.203. The molecule has 1 aliphatic heterocycles. The van der Waals surface area contributed by atoms with Gasteiger partial charge in [0.25, 0.3) is 5.91 Å². The molecule has 1 amide bonds. The number of carbonyl (C=O) groups is 1. The molecule has 0 spiro atoms. The number of hydrogen-bond acceptors (Lipinski definition) is 4. The molecule has 1 aromatic heterocycles. The number of nitrogens with zero attached hydrogens (tertiary/aromatic N) is 2. The van der Waals surface area contributed by atoms with Gasteiger partial charge in [-0.05, 0) is 24.5 Å². The fourth-order valence-electron chi connectivity index (χ4n) is 3.56. The second-order valence-electron chi connectivity index (χ2n) is 7.07. The number of fused-ring (bicyclic) bond motifs is 1. The van der Waals surface area contributed by atoms with Crippen molar-refractivity contribution in [3.8, 4) is 11.3 Å². The molecule has 0 fully saturated rings. The second kappa shape index (κ2) is 7.76. The molecule has 5 heteroatoms. The van der Waals surface area contributed by atoms with Crippen LogP contribution in [0.5, 0.6) is 0 Å². The molecule has 4 rings (SSSR count). The Morgan fingerprint density at radius 2 is 1.89 bits per heavy atom. The van der Waals surface area contributed by atoms with Crippen molar-refractivity contribution < 1.29 is 9.32 Å². The number of benzene rings is 2. The average molecular weight is 361 g/mol. The fraction of sp³-hybridized carbons (Fsp3) is 0.273. The van der Waals surface area contributed by atoms with E-state index in [4.69, 9.17) is 4.52 Å². The Bertz CT molecular complexity index is 920. The van der Waals surface area contributed by atoms with Gasteiger partial charge in [0.05, 0.1) is 0 Å². The maximum atomic E-state index is 12.5. The third-order valence-corrected chi connectivity index (χ3v) is 4.92. The van der Waals surface area contributed by atoms with E-state index in [1.165, 1.54) is 11.1 Å². The lowest BCUT2D eigenvalue weighted by atomic mass is 10.00. The third kappa shape index (κ3) is 4.09. The van der Waals surface area contributed by atoms with Crippen LogP contribution in [0.3, 0.4) is 0 Å². The van der Waals surface area contributed by atoms with Crippen LogP contribution in [-0.2, 0) is 13.0 Å². The van der Waals surface area contributed by atoms with Crippen molar-refractivity contribution in [1.29, 1.82) is 0 Å². The van der Waals surface area contributed by atoms with Crippen LogP contribution < -0.4 is 5.32 Å². The Morgan fingerprint density at radius 1 is 1.15 bits per heavy atom. The van der Waals surface area contributed by atoms with Gasteiger partial charge in [-0.2, -0.15) is 0 Å². The van der Waals surface area contributed by atoms with Gasteiger partial charge in [0, 0.05) is 37.3 Å². The molecule has 2 heterocycles. The van der Waals surface area contributed by atoms with Crippen LogP contribution in [0.25, 0.3) is 11.3 Å². The lowest BCUT2D eigenvalue weighted by molar-refractivity contribution is 0.0918. The van der Waals surface area contributed by atoms with Gasteiger partial charge in [0.1, 0.15) is 0 Å². The van der Waals surface area contributed by atoms with Crippen LogP contribution >= 0.6 is 0 Å². The molecule has 0 radical (unpaired) electrons. The second-order valence-corrected chi connectivity index (χ2v) is 7.07. The van der Waals surface area contributed by atoms with Gasteiger partial charge in [-0.1, -0.05) is 59.8 Å². The number of hydrogen-bond donors (Lipinski definition) is 1. The van der Waals surface area contributed by atoms with Crippen LogP contribution in [0, 0.1) is 0 Å². The first-order chi connectivity index (χ1) is 13.2. The summed E-state index contributed by atoms with van der Waals surface area (Å²) in [5.41, 5.74) is 4.03. The minimum Gasteiger partial charge on any atom is -0.355 e. The molecule has 138 valence electrons. The number of carbonyl (C=O) groups excluding carboxylic acids is 1. The number of nitrogens with one attached hydrogen (secondary N) is 1. The standard InChI is InChI=1S/C22H23N3O2/c1-16(14-25-12-11-17-7-5-6-10-19(17)15-25)23-22(26)20-13-21(27-24-20)18-8-3-2-4-9-18/h2-10,13,16H,11-12,14-15H2,1H3,(H,23,26). The summed E-state index contributed by atoms with van der Waals surface area (Å²) in [7, 11) is 0. The predicted octanol–water partition coefficient (Wildman–Crippen LogP) is 3.52. The van der Waals surface area contributed by atoms with Crippen molar-refractivity contribution in [3.05, 3.63) is 77.5 Å². The van der Waals surface area contributed by atoms with Gasteiger partial charge >= 0.3 is 0 Å². The minimum absolute atomic E-state index is 0.0274. The molecular weight excluding hydrogens is 338 g/mol. The van der Waals surface area contributed by atoms with Crippen molar-refractivity contribution >= 4 is 5.91 Å². The van der Waals surface area contributed by atoms with E-state index in [0.29, 0.717) is 11.5 Å². The number of rotatable bonds is 5. The summed E-state index contributed by atoms with van der Waals surface area (Å²) in [5.74, 6) is 0.395. The molecule has 0 saturated carbocycles. The summed E-state index contributed by atoms with van der Waals surface area (Å²) in [4.78, 5) is 14.9. The van der Waals surface area contributed by atoms with Gasteiger partial charge in [-0.3, -0.25) is 9.69 Å². The molecule has 0 saturated heterocycles. The molecular formula is C22H23N3O2. The van der Waals surface area contributed by atoms with Crippen LogP contribution in [0.2, 0.25) is 0 Å². The summed E-state index contributed by atoms with van der Waals surface area (Å²) in [6.07, 6.45) is 1.06. The molecule has 1 unspecified atom stereocenters. The molecule has 27 heavy (non-hydrogen) atoms. The van der Waals surface area contributed by atoms with Gasteiger partial charge in [-0.15, -0.1) is 0 Å². The van der Waals surface area contributed by atoms with Crippen molar-refractivity contribution in [1.82, 2.24) is 15.4 Å². The first-order valence-electron chi connectivity index (χ1n) is 9.31. The van der Waals surface area contributed by atoms with Gasteiger partial charge < -0.3 is 9.84 Å². The highest BCUT2D eigenvalue weighted by Crippen LogP contribution is 2.20. The van der Waals surface area contributed by atoms with E-state index in [-0.39, 0.29) is 11.9 Å². The summed E-state index contributed by atoms with van der Waals surface area (Å²) < 4.78 is 5.32. The quantitative estimate of drug-likeness (QED) is 0.755. The van der Waals surface area contributed by atoms with Gasteiger partial charge in [0.2, 0.25) is 0 Å². The summed E-state index contributed by atoms with van der Waals surface area (Å²) in [5, 5.41) is 6.95. The first kappa shape index (κ1) is 17.5. The molecule has 0 aliphatic carbocycles. The zero-order valence-electron chi connectivity index (χ0n) is 15.4. The van der Waals surface area contributed by atoms with Gasteiger partial charge in [-0.25, -0.2) is 0 Å². The van der Waals surface area contributed by atoms with Crippen molar-refractivity contribution in [3.63, 3.8) is 0 Å². The van der Waals surface area contributed by atoms with Crippen LogP contribution in [-0.4, -0.2) is 35.1 Å². The molecule has 1 N–H and O–H groups in total. The Morgan fingerprint density at radius 3 is 2.70 bits per heavy atom. The normalized spacial score (nSPS) is 15.1. The van der Waals surface area contributed by atoms with E-state index in [1.807, 2.05) is 37.3 Å². The molecule has 5 nitrogen and oxygen atoms in total. The maximum absolute atomic E-state index is 12.5. The Kier molecular flexibility index (Phi) is 5.03. The summed E-state index contributed by atoms with van der Waals surface area (Å²) in [6.45, 7) is 4.78. The molecule has 1 aliphatic rings. The lowest BCUT2D eigenvalue weighted by Gasteiger charge is -2.30. The number of amides is 1. The van der Waals surface area contributed by atoms with Crippen LogP contribution in [0.15, 0.2) is 65.2 Å². The average Bonchev–Trinajstić information content (AvgIpc) is 3.19. The zero-order valence-corrected chi connectivity index (χ0v) is 15.4. The molecule has 0 bridgehead atoms. The lowest BCUT2D eigenvalue weighted by Crippen LogP contribution is -2.43. The molecule has 2 aromatic carbocycles. The smallest absolute Gasteiger partial charge is 0.273 e. The Labute approximate surface area is 159 Å².